The largest absolute Gasteiger partial charge is 0.479 e. The van der Waals surface area contributed by atoms with E-state index in [9.17, 15) is 0 Å². The van der Waals surface area contributed by atoms with Crippen molar-refractivity contribution in [1.82, 2.24) is 10.5 Å². The number of methoxy groups -OCH3 is 1. The van der Waals surface area contributed by atoms with Gasteiger partial charge in [-0.2, -0.15) is 0 Å². The molecule has 0 saturated carbocycles. The van der Waals surface area contributed by atoms with E-state index < -0.39 is 0 Å². The van der Waals surface area contributed by atoms with Crippen LogP contribution < -0.4 is 10.1 Å². The molecule has 1 aliphatic heterocycles. The molecular weight excluding hydrogens is 192 g/mol. The second kappa shape index (κ2) is 3.98. The number of nitrogens with one attached hydrogen (secondary N) is 1. The van der Waals surface area contributed by atoms with Gasteiger partial charge in [0.15, 0.2) is 0 Å². The van der Waals surface area contributed by atoms with Crippen LogP contribution in [-0.2, 0) is 6.54 Å². The maximum absolute atomic E-state index is 5.18. The van der Waals surface area contributed by atoms with Crippen molar-refractivity contribution in [3.05, 3.63) is 11.3 Å². The zero-order valence-electron chi connectivity index (χ0n) is 7.66. The van der Waals surface area contributed by atoms with E-state index in [2.05, 4.69) is 17.4 Å². The molecule has 13 heavy (non-hydrogen) atoms. The molecule has 1 aromatic rings. The Kier molecular flexibility index (Phi) is 3.17. The average Bonchev–Trinajstić information content (AvgIpc) is 2.49. The smallest absolute Gasteiger partial charge is 0.258 e. The number of aromatic nitrogens is 1. The quantitative estimate of drug-likeness (QED) is 0.750. The molecule has 4 nitrogen and oxygen atoms in total. The minimum absolute atomic E-state index is 0. The summed E-state index contributed by atoms with van der Waals surface area (Å²) in [5, 5.41) is 7.10. The minimum atomic E-state index is 0. The van der Waals surface area contributed by atoms with Crippen LogP contribution in [0.25, 0.3) is 0 Å². The second-order valence-corrected chi connectivity index (χ2v) is 3.07. The molecule has 2 rings (SSSR count). The highest BCUT2D eigenvalue weighted by Crippen LogP contribution is 2.29. The first-order chi connectivity index (χ1) is 5.83. The number of hydrogen-bond donors (Lipinski definition) is 1. The summed E-state index contributed by atoms with van der Waals surface area (Å²) in [4.78, 5) is 0. The van der Waals surface area contributed by atoms with Gasteiger partial charge in [-0.15, -0.1) is 12.4 Å². The predicted octanol–water partition coefficient (Wildman–Crippen LogP) is 1.31. The predicted molar refractivity (Wildman–Crippen MR) is 50.4 cm³/mol. The third kappa shape index (κ3) is 1.64. The Morgan fingerprint density at radius 3 is 3.08 bits per heavy atom. The number of fused-ring (bicyclic) bond motifs is 1. The summed E-state index contributed by atoms with van der Waals surface area (Å²) in [6, 6.07) is 0. The lowest BCUT2D eigenvalue weighted by atomic mass is 10.0. The first kappa shape index (κ1) is 10.3. The molecule has 1 aliphatic rings. The van der Waals surface area contributed by atoms with Crippen LogP contribution in [-0.4, -0.2) is 18.8 Å². The van der Waals surface area contributed by atoms with E-state index in [1.165, 1.54) is 0 Å². The van der Waals surface area contributed by atoms with Crippen LogP contribution in [0.1, 0.15) is 24.2 Å². The fraction of sp³-hybridized carbons (Fsp3) is 0.625. The topological polar surface area (TPSA) is 47.3 Å². The van der Waals surface area contributed by atoms with Crippen LogP contribution in [0.3, 0.4) is 0 Å². The third-order valence-corrected chi connectivity index (χ3v) is 2.18. The molecule has 2 heterocycles. The van der Waals surface area contributed by atoms with Crippen LogP contribution >= 0.6 is 12.4 Å². The van der Waals surface area contributed by atoms with Crippen molar-refractivity contribution in [3.63, 3.8) is 0 Å². The summed E-state index contributed by atoms with van der Waals surface area (Å²) >= 11 is 0. The van der Waals surface area contributed by atoms with Crippen molar-refractivity contribution in [1.29, 1.82) is 0 Å². The number of halogens is 1. The number of rotatable bonds is 1. The van der Waals surface area contributed by atoms with Crippen molar-refractivity contribution in [2.24, 2.45) is 0 Å². The summed E-state index contributed by atoms with van der Waals surface area (Å²) in [5.41, 5.74) is 1.07. The molecule has 74 valence electrons. The molecule has 0 unspecified atom stereocenters. The maximum atomic E-state index is 5.18. The monoisotopic (exact) mass is 204 g/mol. The van der Waals surface area contributed by atoms with Crippen LogP contribution in [0.15, 0.2) is 4.52 Å². The van der Waals surface area contributed by atoms with Gasteiger partial charge in [0.1, 0.15) is 5.76 Å². The first-order valence-corrected chi connectivity index (χ1v) is 4.06. The molecule has 0 bridgehead atoms. The van der Waals surface area contributed by atoms with Crippen LogP contribution in [0.5, 0.6) is 5.88 Å². The summed E-state index contributed by atoms with van der Waals surface area (Å²) < 4.78 is 10.2. The summed E-state index contributed by atoms with van der Waals surface area (Å²) in [7, 11) is 1.61. The van der Waals surface area contributed by atoms with E-state index in [-0.39, 0.29) is 12.4 Å². The number of hydrogen-bond acceptors (Lipinski definition) is 4. The number of nitrogens with zero attached hydrogens (tertiary/aromatic N) is 1. The van der Waals surface area contributed by atoms with Gasteiger partial charge >= 0.3 is 0 Å². The Balaban J connectivity index is 0.000000845. The van der Waals surface area contributed by atoms with E-state index >= 15 is 0 Å². The third-order valence-electron chi connectivity index (χ3n) is 2.18. The lowest BCUT2D eigenvalue weighted by molar-refractivity contribution is 0.318. The van der Waals surface area contributed by atoms with Crippen LogP contribution in [0.2, 0.25) is 0 Å². The molecule has 0 saturated heterocycles. The van der Waals surface area contributed by atoms with Crippen molar-refractivity contribution < 1.29 is 9.26 Å². The summed E-state index contributed by atoms with van der Waals surface area (Å²) in [5.74, 6) is 1.97. The van der Waals surface area contributed by atoms with Crippen molar-refractivity contribution in [2.45, 2.75) is 19.4 Å². The van der Waals surface area contributed by atoms with Gasteiger partial charge in [-0.1, -0.05) is 6.92 Å². The molecule has 1 aromatic heterocycles. The zero-order chi connectivity index (χ0) is 8.55. The fourth-order valence-electron chi connectivity index (χ4n) is 1.52. The molecule has 0 radical (unpaired) electrons. The van der Waals surface area contributed by atoms with Gasteiger partial charge < -0.3 is 14.6 Å². The molecule has 0 fully saturated rings. The molecule has 1 atom stereocenters. The molecule has 0 amide bonds. The highest BCUT2D eigenvalue weighted by Gasteiger charge is 2.24. The fourth-order valence-corrected chi connectivity index (χ4v) is 1.52. The Bertz CT molecular complexity index is 288. The standard InChI is InChI=1S/C8H12N2O2.ClH/c1-5-3-9-4-6-7(5)12-10-8(6)11-2;/h5,9H,3-4H2,1-2H3;1H/t5-;/m0./s1. The first-order valence-electron chi connectivity index (χ1n) is 4.06. The van der Waals surface area contributed by atoms with E-state index in [4.69, 9.17) is 9.26 Å². The van der Waals surface area contributed by atoms with Crippen molar-refractivity contribution in [3.8, 4) is 5.88 Å². The maximum Gasteiger partial charge on any atom is 0.258 e. The molecular formula is C8H13ClN2O2. The minimum Gasteiger partial charge on any atom is -0.479 e. The zero-order valence-corrected chi connectivity index (χ0v) is 8.48. The van der Waals surface area contributed by atoms with Crippen molar-refractivity contribution >= 4 is 12.4 Å². The van der Waals surface area contributed by atoms with Crippen molar-refractivity contribution in [2.75, 3.05) is 13.7 Å². The molecule has 5 heteroatoms. The van der Waals surface area contributed by atoms with Gasteiger partial charge in [-0.25, -0.2) is 0 Å². The molecule has 0 spiro atoms. The van der Waals surface area contributed by atoms with E-state index in [0.29, 0.717) is 11.8 Å². The SMILES string of the molecule is COc1noc2c1CNC[C@@H]2C.Cl. The lowest BCUT2D eigenvalue weighted by Gasteiger charge is -2.16. The highest BCUT2D eigenvalue weighted by molar-refractivity contribution is 5.85. The van der Waals surface area contributed by atoms with E-state index in [1.807, 2.05) is 0 Å². The van der Waals surface area contributed by atoms with Gasteiger partial charge in [-0.3, -0.25) is 0 Å². The van der Waals surface area contributed by atoms with Gasteiger partial charge in [0, 0.05) is 19.0 Å². The van der Waals surface area contributed by atoms with Gasteiger partial charge in [0.2, 0.25) is 0 Å². The van der Waals surface area contributed by atoms with Crippen LogP contribution in [0, 0.1) is 0 Å². The van der Waals surface area contributed by atoms with Gasteiger partial charge in [0.05, 0.1) is 12.7 Å². The van der Waals surface area contributed by atoms with Gasteiger partial charge in [-0.05, 0) is 5.16 Å². The average molecular weight is 205 g/mol. The molecule has 0 aromatic carbocycles. The lowest BCUT2D eigenvalue weighted by Crippen LogP contribution is -2.25. The highest BCUT2D eigenvalue weighted by atomic mass is 35.5. The summed E-state index contributed by atoms with van der Waals surface area (Å²) in [6.45, 7) is 3.85. The second-order valence-electron chi connectivity index (χ2n) is 3.07. The van der Waals surface area contributed by atoms with Crippen LogP contribution in [0.4, 0.5) is 0 Å². The normalized spacial score (nSPS) is 20.3. The molecule has 0 aliphatic carbocycles. The Labute approximate surface area is 83.0 Å². The van der Waals surface area contributed by atoms with E-state index in [1.54, 1.807) is 7.11 Å². The number of ether oxygens (including phenoxy) is 1. The Hall–Kier alpha value is -0.740. The van der Waals surface area contributed by atoms with E-state index in [0.717, 1.165) is 24.4 Å². The summed E-state index contributed by atoms with van der Waals surface area (Å²) in [6.07, 6.45) is 0. The Morgan fingerprint density at radius 1 is 1.62 bits per heavy atom. The van der Waals surface area contributed by atoms with Gasteiger partial charge in [0.25, 0.3) is 5.88 Å². The Morgan fingerprint density at radius 2 is 2.38 bits per heavy atom. The molecule has 1 N–H and O–H groups in total.